The van der Waals surface area contributed by atoms with Crippen molar-refractivity contribution in [2.75, 3.05) is 5.73 Å². The Hall–Kier alpha value is -2.29. The van der Waals surface area contributed by atoms with Crippen molar-refractivity contribution in [1.29, 1.82) is 0 Å². The lowest BCUT2D eigenvalue weighted by Crippen LogP contribution is -2.23. The number of carbonyl (C=O) groups is 1. The van der Waals surface area contributed by atoms with Crippen LogP contribution in [0.2, 0.25) is 0 Å². The number of anilines is 1. The van der Waals surface area contributed by atoms with Crippen molar-refractivity contribution in [3.63, 3.8) is 0 Å². The second kappa shape index (κ2) is 5.60. The summed E-state index contributed by atoms with van der Waals surface area (Å²) < 4.78 is 5.35. The molecule has 0 fully saturated rings. The number of nitrogen functional groups attached to an aromatic ring is 1. The van der Waals surface area contributed by atoms with Crippen LogP contribution in [-0.2, 0) is 4.74 Å². The first kappa shape index (κ1) is 15.1. The topological polar surface area (TPSA) is 52.3 Å². The van der Waals surface area contributed by atoms with E-state index in [9.17, 15) is 4.79 Å². The monoisotopic (exact) mass is 283 g/mol. The molecule has 0 saturated carbocycles. The number of rotatable bonds is 2. The molecule has 2 aromatic rings. The molecule has 0 radical (unpaired) electrons. The maximum atomic E-state index is 12.0. The fourth-order valence-electron chi connectivity index (χ4n) is 2.12. The molecule has 0 spiro atoms. The highest BCUT2D eigenvalue weighted by atomic mass is 16.6. The van der Waals surface area contributed by atoms with Gasteiger partial charge < -0.3 is 10.5 Å². The maximum Gasteiger partial charge on any atom is 0.338 e. The fourth-order valence-corrected chi connectivity index (χ4v) is 2.12. The molecule has 0 unspecified atom stereocenters. The molecule has 110 valence electrons. The number of ether oxygens (including phenoxy) is 1. The van der Waals surface area contributed by atoms with Crippen LogP contribution in [0.25, 0.3) is 11.1 Å². The molecule has 0 atom stereocenters. The molecule has 21 heavy (non-hydrogen) atoms. The lowest BCUT2D eigenvalue weighted by atomic mass is 10.0. The highest BCUT2D eigenvalue weighted by Crippen LogP contribution is 2.24. The smallest absolute Gasteiger partial charge is 0.338 e. The zero-order valence-electron chi connectivity index (χ0n) is 12.9. The van der Waals surface area contributed by atoms with E-state index in [0.717, 1.165) is 22.4 Å². The molecule has 3 nitrogen and oxygen atoms in total. The number of benzene rings is 2. The maximum absolute atomic E-state index is 12.0. The van der Waals surface area contributed by atoms with Crippen LogP contribution < -0.4 is 5.73 Å². The van der Waals surface area contributed by atoms with Gasteiger partial charge in [0.05, 0.1) is 5.56 Å². The molecule has 0 aromatic heterocycles. The van der Waals surface area contributed by atoms with E-state index in [1.807, 2.05) is 52.0 Å². The predicted molar refractivity (Wildman–Crippen MR) is 86.2 cm³/mol. The minimum atomic E-state index is -0.485. The third kappa shape index (κ3) is 4.09. The van der Waals surface area contributed by atoms with Gasteiger partial charge in [0.2, 0.25) is 0 Å². The minimum absolute atomic E-state index is 0.308. The average Bonchev–Trinajstić information content (AvgIpc) is 2.35. The summed E-state index contributed by atoms with van der Waals surface area (Å²) in [5.74, 6) is -0.308. The number of hydrogen-bond donors (Lipinski definition) is 1. The minimum Gasteiger partial charge on any atom is -0.456 e. The van der Waals surface area contributed by atoms with Crippen LogP contribution in [0.5, 0.6) is 0 Å². The first-order valence-corrected chi connectivity index (χ1v) is 6.95. The van der Waals surface area contributed by atoms with Crippen LogP contribution in [0, 0.1) is 6.92 Å². The van der Waals surface area contributed by atoms with Crippen molar-refractivity contribution < 1.29 is 9.53 Å². The van der Waals surface area contributed by atoms with Gasteiger partial charge in [0.25, 0.3) is 0 Å². The Bertz CT molecular complexity index is 632. The molecular formula is C18H21NO2. The third-order valence-electron chi connectivity index (χ3n) is 2.95. The molecule has 0 aliphatic carbocycles. The normalized spacial score (nSPS) is 11.2. The highest BCUT2D eigenvalue weighted by molar-refractivity contribution is 5.90. The lowest BCUT2D eigenvalue weighted by molar-refractivity contribution is 0.00696. The van der Waals surface area contributed by atoms with Crippen LogP contribution in [-0.4, -0.2) is 11.6 Å². The van der Waals surface area contributed by atoms with Gasteiger partial charge in [-0.2, -0.15) is 0 Å². The predicted octanol–water partition coefficient (Wildman–Crippen LogP) is 4.20. The van der Waals surface area contributed by atoms with Crippen molar-refractivity contribution in [2.45, 2.75) is 33.3 Å². The Kier molecular flexibility index (Phi) is 4.03. The highest BCUT2D eigenvalue weighted by Gasteiger charge is 2.17. The van der Waals surface area contributed by atoms with Crippen LogP contribution in [0.3, 0.4) is 0 Å². The number of aryl methyl sites for hydroxylation is 1. The van der Waals surface area contributed by atoms with Gasteiger partial charge in [-0.05, 0) is 68.7 Å². The summed E-state index contributed by atoms with van der Waals surface area (Å²) in [5, 5.41) is 0. The standard InChI is InChI=1S/C18H21NO2/c1-12-9-15(11-16(19)10-12)13-5-7-14(8-6-13)17(20)21-18(2,3)4/h5-11H,19H2,1-4H3. The second-order valence-corrected chi connectivity index (χ2v) is 6.21. The fraction of sp³-hybridized carbons (Fsp3) is 0.278. The van der Waals surface area contributed by atoms with E-state index in [1.54, 1.807) is 12.1 Å². The Labute approximate surface area is 125 Å². The van der Waals surface area contributed by atoms with Crippen LogP contribution in [0.1, 0.15) is 36.7 Å². The summed E-state index contributed by atoms with van der Waals surface area (Å²) in [6, 6.07) is 13.3. The van der Waals surface area contributed by atoms with Crippen molar-refractivity contribution in [3.8, 4) is 11.1 Å². The largest absolute Gasteiger partial charge is 0.456 e. The van der Waals surface area contributed by atoms with Crippen molar-refractivity contribution >= 4 is 11.7 Å². The first-order valence-electron chi connectivity index (χ1n) is 6.95. The Morgan fingerprint density at radius 3 is 2.14 bits per heavy atom. The number of carbonyl (C=O) groups excluding carboxylic acids is 1. The van der Waals surface area contributed by atoms with Crippen molar-refractivity contribution in [3.05, 3.63) is 53.6 Å². The third-order valence-corrected chi connectivity index (χ3v) is 2.95. The van der Waals surface area contributed by atoms with E-state index in [1.165, 1.54) is 0 Å². The van der Waals surface area contributed by atoms with Crippen LogP contribution in [0.4, 0.5) is 5.69 Å². The van der Waals surface area contributed by atoms with Gasteiger partial charge in [-0.25, -0.2) is 4.79 Å². The molecular weight excluding hydrogens is 262 g/mol. The number of esters is 1. The molecule has 0 amide bonds. The molecule has 0 aliphatic heterocycles. The number of nitrogens with two attached hydrogens (primary N) is 1. The summed E-state index contributed by atoms with van der Waals surface area (Å²) in [4.78, 5) is 12.0. The van der Waals surface area contributed by atoms with Crippen molar-refractivity contribution in [1.82, 2.24) is 0 Å². The van der Waals surface area contributed by atoms with Gasteiger partial charge in [0, 0.05) is 5.69 Å². The zero-order chi connectivity index (χ0) is 15.6. The van der Waals surface area contributed by atoms with Gasteiger partial charge in [-0.3, -0.25) is 0 Å². The molecule has 2 rings (SSSR count). The van der Waals surface area contributed by atoms with E-state index in [0.29, 0.717) is 5.56 Å². The molecule has 3 heteroatoms. The summed E-state index contributed by atoms with van der Waals surface area (Å²) in [6.07, 6.45) is 0. The Morgan fingerprint density at radius 2 is 1.62 bits per heavy atom. The van der Waals surface area contributed by atoms with Crippen molar-refractivity contribution in [2.24, 2.45) is 0 Å². The molecule has 0 heterocycles. The van der Waals surface area contributed by atoms with Gasteiger partial charge in [0.15, 0.2) is 0 Å². The van der Waals surface area contributed by atoms with E-state index in [-0.39, 0.29) is 5.97 Å². The van der Waals surface area contributed by atoms with E-state index in [2.05, 4.69) is 6.07 Å². The Balaban J connectivity index is 2.24. The van der Waals surface area contributed by atoms with E-state index < -0.39 is 5.60 Å². The molecule has 0 saturated heterocycles. The van der Waals surface area contributed by atoms with Gasteiger partial charge in [0.1, 0.15) is 5.60 Å². The van der Waals surface area contributed by atoms with Crippen LogP contribution in [0.15, 0.2) is 42.5 Å². The average molecular weight is 283 g/mol. The summed E-state index contributed by atoms with van der Waals surface area (Å²) in [6.45, 7) is 7.58. The van der Waals surface area contributed by atoms with E-state index in [4.69, 9.17) is 10.5 Å². The molecule has 2 N–H and O–H groups in total. The van der Waals surface area contributed by atoms with Gasteiger partial charge in [-0.15, -0.1) is 0 Å². The summed E-state index contributed by atoms with van der Waals surface area (Å²) >= 11 is 0. The molecule has 0 aliphatic rings. The molecule has 0 bridgehead atoms. The SMILES string of the molecule is Cc1cc(N)cc(-c2ccc(C(=O)OC(C)(C)C)cc2)c1. The van der Waals surface area contributed by atoms with Gasteiger partial charge in [-0.1, -0.05) is 18.2 Å². The number of hydrogen-bond acceptors (Lipinski definition) is 3. The quantitative estimate of drug-likeness (QED) is 0.664. The molecule has 2 aromatic carbocycles. The zero-order valence-corrected chi connectivity index (χ0v) is 12.9. The van der Waals surface area contributed by atoms with Crippen LogP contribution >= 0.6 is 0 Å². The van der Waals surface area contributed by atoms with Gasteiger partial charge >= 0.3 is 5.97 Å². The lowest BCUT2D eigenvalue weighted by Gasteiger charge is -2.19. The van der Waals surface area contributed by atoms with E-state index >= 15 is 0 Å². The second-order valence-electron chi connectivity index (χ2n) is 6.21. The summed E-state index contributed by atoms with van der Waals surface area (Å²) in [5.41, 5.74) is 9.85. The summed E-state index contributed by atoms with van der Waals surface area (Å²) in [7, 11) is 0. The first-order chi connectivity index (χ1) is 9.74. The Morgan fingerprint density at radius 1 is 1.00 bits per heavy atom.